The van der Waals surface area contributed by atoms with Gasteiger partial charge in [0.2, 0.25) is 5.91 Å². The lowest BCUT2D eigenvalue weighted by Gasteiger charge is -2.23. The van der Waals surface area contributed by atoms with Crippen molar-refractivity contribution in [2.24, 2.45) is 0 Å². The van der Waals surface area contributed by atoms with E-state index in [0.29, 0.717) is 13.1 Å². The van der Waals surface area contributed by atoms with Crippen LogP contribution in [0.4, 0.5) is 5.69 Å². The minimum atomic E-state index is -3.91. The Morgan fingerprint density at radius 3 is 2.35 bits per heavy atom. The van der Waals surface area contributed by atoms with Gasteiger partial charge in [-0.25, -0.2) is 8.42 Å². The number of anilines is 1. The quantitative estimate of drug-likeness (QED) is 0.841. The molecule has 0 aliphatic carbocycles. The average Bonchev–Trinajstić information content (AvgIpc) is 2.38. The zero-order valence-corrected chi connectivity index (χ0v) is 13.3. The van der Waals surface area contributed by atoms with Gasteiger partial charge >= 0.3 is 0 Å². The van der Waals surface area contributed by atoms with Crippen LogP contribution in [0.25, 0.3) is 0 Å². The van der Waals surface area contributed by atoms with Gasteiger partial charge in [-0.05, 0) is 32.9 Å². The smallest absolute Gasteiger partial charge is 0.240 e. The fourth-order valence-electron chi connectivity index (χ4n) is 1.93. The highest BCUT2D eigenvalue weighted by atomic mass is 35.5. The molecule has 0 heterocycles. The van der Waals surface area contributed by atoms with E-state index in [4.69, 9.17) is 17.3 Å². The van der Waals surface area contributed by atoms with Gasteiger partial charge in [0.15, 0.2) is 9.84 Å². The Labute approximate surface area is 124 Å². The largest absolute Gasteiger partial charge is 0.398 e. The van der Waals surface area contributed by atoms with E-state index in [2.05, 4.69) is 0 Å². The van der Waals surface area contributed by atoms with Crippen LogP contribution in [0.2, 0.25) is 5.02 Å². The second kappa shape index (κ2) is 6.45. The summed E-state index contributed by atoms with van der Waals surface area (Å²) in [5.41, 5.74) is 5.75. The summed E-state index contributed by atoms with van der Waals surface area (Å²) in [6, 6.07) is 4.46. The first-order valence-electron chi connectivity index (χ1n) is 6.34. The molecule has 112 valence electrons. The topological polar surface area (TPSA) is 80.5 Å². The second-order valence-corrected chi connectivity index (χ2v) is 6.97. The van der Waals surface area contributed by atoms with Gasteiger partial charge in [0.25, 0.3) is 0 Å². The van der Waals surface area contributed by atoms with Crippen LogP contribution in [0.1, 0.15) is 20.8 Å². The van der Waals surface area contributed by atoms with Crippen LogP contribution in [-0.4, -0.2) is 37.6 Å². The summed E-state index contributed by atoms with van der Waals surface area (Å²) in [5.74, 6) is -0.450. The molecule has 2 N–H and O–H groups in total. The van der Waals surface area contributed by atoms with Gasteiger partial charge in [-0.15, -0.1) is 0 Å². The van der Waals surface area contributed by atoms with Crippen LogP contribution in [0, 0.1) is 0 Å². The van der Waals surface area contributed by atoms with Gasteiger partial charge in [0.1, 0.15) is 10.1 Å². The summed E-state index contributed by atoms with van der Waals surface area (Å²) in [7, 11) is -3.91. The van der Waals surface area contributed by atoms with Crippen LogP contribution < -0.4 is 5.73 Å². The fraction of sp³-hybridized carbons (Fsp3) is 0.462. The van der Waals surface area contributed by atoms with Gasteiger partial charge < -0.3 is 10.6 Å². The summed E-state index contributed by atoms with van der Waals surface area (Å²) in [4.78, 5) is 13.5. The van der Waals surface area contributed by atoms with Crippen molar-refractivity contribution in [1.29, 1.82) is 0 Å². The molecule has 5 nitrogen and oxygen atoms in total. The first kappa shape index (κ1) is 16.8. The van der Waals surface area contributed by atoms with Gasteiger partial charge in [-0.1, -0.05) is 17.7 Å². The van der Waals surface area contributed by atoms with E-state index in [-0.39, 0.29) is 15.6 Å². The van der Waals surface area contributed by atoms with E-state index >= 15 is 0 Å². The molecule has 1 rings (SSSR count). The number of sulfone groups is 1. The monoisotopic (exact) mass is 318 g/mol. The maximum atomic E-state index is 12.5. The van der Waals surface area contributed by atoms with Gasteiger partial charge in [0, 0.05) is 13.1 Å². The summed E-state index contributed by atoms with van der Waals surface area (Å²) in [5, 5.41) is -1.19. The molecule has 0 aliphatic heterocycles. The van der Waals surface area contributed by atoms with E-state index in [1.807, 2.05) is 0 Å². The molecule has 0 spiro atoms. The van der Waals surface area contributed by atoms with Gasteiger partial charge in [0.05, 0.1) is 10.7 Å². The summed E-state index contributed by atoms with van der Waals surface area (Å²) in [6.45, 7) is 5.86. The number of hydrogen-bond donors (Lipinski definition) is 1. The van der Waals surface area contributed by atoms with E-state index in [0.717, 1.165) is 0 Å². The van der Waals surface area contributed by atoms with Crippen molar-refractivity contribution in [2.45, 2.75) is 30.9 Å². The number of carbonyl (C=O) groups is 1. The van der Waals surface area contributed by atoms with Crippen LogP contribution >= 0.6 is 11.6 Å². The van der Waals surface area contributed by atoms with E-state index in [9.17, 15) is 13.2 Å². The number of benzene rings is 1. The van der Waals surface area contributed by atoms with Crippen LogP contribution in [0.3, 0.4) is 0 Å². The number of carbonyl (C=O) groups excluding carboxylic acids is 1. The Hall–Kier alpha value is -1.27. The first-order valence-corrected chi connectivity index (χ1v) is 8.26. The van der Waals surface area contributed by atoms with Crippen molar-refractivity contribution in [3.05, 3.63) is 23.2 Å². The van der Waals surface area contributed by atoms with Crippen LogP contribution in [-0.2, 0) is 14.6 Å². The second-order valence-electron chi connectivity index (χ2n) is 4.36. The molecule has 0 radical (unpaired) electrons. The molecular formula is C13H19ClN2O3S. The number of halogens is 1. The van der Waals surface area contributed by atoms with Crippen LogP contribution in [0.5, 0.6) is 0 Å². The Bertz CT molecular complexity index is 577. The molecule has 1 atom stereocenters. The third-order valence-corrected chi connectivity index (χ3v) is 5.75. The minimum Gasteiger partial charge on any atom is -0.398 e. The molecule has 0 aromatic heterocycles. The van der Waals surface area contributed by atoms with Crippen molar-refractivity contribution in [3.63, 3.8) is 0 Å². The highest BCUT2D eigenvalue weighted by Crippen LogP contribution is 2.30. The van der Waals surface area contributed by atoms with Crippen molar-refractivity contribution in [1.82, 2.24) is 4.90 Å². The number of rotatable bonds is 5. The molecule has 20 heavy (non-hydrogen) atoms. The maximum absolute atomic E-state index is 12.5. The number of nitrogens with zero attached hydrogens (tertiary/aromatic N) is 1. The Morgan fingerprint density at radius 1 is 1.35 bits per heavy atom. The Kier molecular flexibility index (Phi) is 5.42. The lowest BCUT2D eigenvalue weighted by atomic mass is 10.3. The summed E-state index contributed by atoms with van der Waals surface area (Å²) >= 11 is 5.93. The van der Waals surface area contributed by atoms with Gasteiger partial charge in [-0.2, -0.15) is 0 Å². The van der Waals surface area contributed by atoms with E-state index in [1.165, 1.54) is 24.0 Å². The third-order valence-electron chi connectivity index (χ3n) is 3.17. The van der Waals surface area contributed by atoms with Gasteiger partial charge in [-0.3, -0.25) is 4.79 Å². The molecule has 0 bridgehead atoms. The Morgan fingerprint density at radius 2 is 1.90 bits per heavy atom. The maximum Gasteiger partial charge on any atom is 0.240 e. The molecular weight excluding hydrogens is 300 g/mol. The Balaban J connectivity index is 3.27. The predicted molar refractivity (Wildman–Crippen MR) is 80.4 cm³/mol. The summed E-state index contributed by atoms with van der Waals surface area (Å²) in [6.07, 6.45) is 0. The SMILES string of the molecule is CCN(CC)C(=O)C(C)S(=O)(=O)c1c(N)cccc1Cl. The molecule has 0 aliphatic rings. The zero-order chi connectivity index (χ0) is 15.5. The van der Waals surface area contributed by atoms with E-state index in [1.54, 1.807) is 19.9 Å². The number of amides is 1. The van der Waals surface area contributed by atoms with Crippen molar-refractivity contribution in [2.75, 3.05) is 18.8 Å². The molecule has 0 fully saturated rings. The highest BCUT2D eigenvalue weighted by molar-refractivity contribution is 7.93. The summed E-state index contributed by atoms with van der Waals surface area (Å²) < 4.78 is 25.1. The molecule has 1 aromatic carbocycles. The molecule has 1 unspecified atom stereocenters. The van der Waals surface area contributed by atoms with Crippen molar-refractivity contribution >= 4 is 33.0 Å². The molecule has 1 aromatic rings. The average molecular weight is 319 g/mol. The number of hydrogen-bond acceptors (Lipinski definition) is 4. The number of nitrogens with two attached hydrogens (primary N) is 1. The van der Waals surface area contributed by atoms with E-state index < -0.39 is 21.0 Å². The molecule has 0 saturated carbocycles. The third kappa shape index (κ3) is 3.07. The number of nitrogen functional groups attached to an aromatic ring is 1. The molecule has 1 amide bonds. The van der Waals surface area contributed by atoms with Crippen LogP contribution in [0.15, 0.2) is 23.1 Å². The standard InChI is InChI=1S/C13H19ClN2O3S/c1-4-16(5-2)13(17)9(3)20(18,19)12-10(14)7-6-8-11(12)15/h6-9H,4-5,15H2,1-3H3. The minimum absolute atomic E-state index is 0.0317. The zero-order valence-electron chi connectivity index (χ0n) is 11.8. The first-order chi connectivity index (χ1) is 9.27. The van der Waals surface area contributed by atoms with Crippen molar-refractivity contribution in [3.8, 4) is 0 Å². The highest BCUT2D eigenvalue weighted by Gasteiger charge is 2.34. The lowest BCUT2D eigenvalue weighted by Crippen LogP contribution is -2.41. The fourth-order valence-corrected chi connectivity index (χ4v) is 3.94. The predicted octanol–water partition coefficient (Wildman–Crippen LogP) is 1.95. The normalized spacial score (nSPS) is 13.0. The van der Waals surface area contributed by atoms with Crippen molar-refractivity contribution < 1.29 is 13.2 Å². The lowest BCUT2D eigenvalue weighted by molar-refractivity contribution is -0.130. The molecule has 7 heteroatoms. The molecule has 0 saturated heterocycles.